The SMILES string of the molecule is CCCOc1cc(N(CCO)CCO)cc(OCCC)c1C=O. The van der Waals surface area contributed by atoms with E-state index in [9.17, 15) is 15.0 Å². The van der Waals surface area contributed by atoms with Crippen LogP contribution >= 0.6 is 0 Å². The third-order valence-corrected chi connectivity index (χ3v) is 3.24. The van der Waals surface area contributed by atoms with Crippen molar-refractivity contribution in [3.05, 3.63) is 17.7 Å². The summed E-state index contributed by atoms with van der Waals surface area (Å²) in [6.45, 7) is 5.65. The van der Waals surface area contributed by atoms with Crippen LogP contribution in [-0.4, -0.2) is 56.0 Å². The number of aldehydes is 1. The van der Waals surface area contributed by atoms with E-state index in [1.807, 2.05) is 18.7 Å². The van der Waals surface area contributed by atoms with Crippen molar-refractivity contribution >= 4 is 12.0 Å². The molecule has 0 saturated carbocycles. The van der Waals surface area contributed by atoms with Crippen molar-refractivity contribution in [1.82, 2.24) is 0 Å². The molecule has 0 amide bonds. The highest BCUT2D eigenvalue weighted by Gasteiger charge is 2.16. The highest BCUT2D eigenvalue weighted by atomic mass is 16.5. The van der Waals surface area contributed by atoms with E-state index in [1.54, 1.807) is 12.1 Å². The third-order valence-electron chi connectivity index (χ3n) is 3.24. The molecule has 1 aromatic carbocycles. The van der Waals surface area contributed by atoms with Crippen molar-refractivity contribution in [1.29, 1.82) is 0 Å². The number of rotatable bonds is 12. The lowest BCUT2D eigenvalue weighted by molar-refractivity contribution is 0.111. The molecule has 0 unspecified atom stereocenters. The maximum Gasteiger partial charge on any atom is 0.157 e. The largest absolute Gasteiger partial charge is 0.493 e. The van der Waals surface area contributed by atoms with Crippen molar-refractivity contribution in [2.24, 2.45) is 0 Å². The number of benzene rings is 1. The van der Waals surface area contributed by atoms with Gasteiger partial charge in [0.05, 0.1) is 32.0 Å². The molecular formula is C17H27NO5. The zero-order valence-electron chi connectivity index (χ0n) is 14.0. The van der Waals surface area contributed by atoms with Gasteiger partial charge in [-0.15, -0.1) is 0 Å². The van der Waals surface area contributed by atoms with E-state index in [0.717, 1.165) is 24.8 Å². The van der Waals surface area contributed by atoms with Crippen LogP contribution in [0.25, 0.3) is 0 Å². The first-order valence-electron chi connectivity index (χ1n) is 8.07. The standard InChI is InChI=1S/C17H27NO5/c1-3-9-22-16-11-14(18(5-7-19)6-8-20)12-17(15(16)13-21)23-10-4-2/h11-13,19-20H,3-10H2,1-2H3. The molecule has 0 aliphatic rings. The van der Waals surface area contributed by atoms with Crippen molar-refractivity contribution in [2.45, 2.75) is 26.7 Å². The number of anilines is 1. The number of carbonyl (C=O) groups excluding carboxylic acids is 1. The fourth-order valence-corrected chi connectivity index (χ4v) is 2.16. The van der Waals surface area contributed by atoms with Gasteiger partial charge in [-0.1, -0.05) is 13.8 Å². The molecule has 23 heavy (non-hydrogen) atoms. The van der Waals surface area contributed by atoms with Gasteiger partial charge in [0.25, 0.3) is 0 Å². The molecule has 0 spiro atoms. The van der Waals surface area contributed by atoms with Gasteiger partial charge in [-0.3, -0.25) is 4.79 Å². The van der Waals surface area contributed by atoms with E-state index in [-0.39, 0.29) is 13.2 Å². The van der Waals surface area contributed by atoms with Gasteiger partial charge in [-0.05, 0) is 12.8 Å². The zero-order valence-corrected chi connectivity index (χ0v) is 14.0. The van der Waals surface area contributed by atoms with Gasteiger partial charge < -0.3 is 24.6 Å². The first-order valence-corrected chi connectivity index (χ1v) is 8.07. The van der Waals surface area contributed by atoms with E-state index >= 15 is 0 Å². The number of hydrogen-bond acceptors (Lipinski definition) is 6. The van der Waals surface area contributed by atoms with Crippen LogP contribution in [-0.2, 0) is 0 Å². The second kappa shape index (κ2) is 10.9. The molecule has 0 aliphatic carbocycles. The normalized spacial score (nSPS) is 10.4. The summed E-state index contributed by atoms with van der Waals surface area (Å²) in [5.74, 6) is 0.928. The van der Waals surface area contributed by atoms with Crippen molar-refractivity contribution in [3.8, 4) is 11.5 Å². The summed E-state index contributed by atoms with van der Waals surface area (Å²) < 4.78 is 11.4. The van der Waals surface area contributed by atoms with Crippen LogP contribution in [0, 0.1) is 0 Å². The highest BCUT2D eigenvalue weighted by molar-refractivity contribution is 5.85. The molecule has 0 atom stereocenters. The first-order chi connectivity index (χ1) is 11.2. The van der Waals surface area contributed by atoms with Crippen molar-refractivity contribution in [3.63, 3.8) is 0 Å². The number of nitrogens with zero attached hydrogens (tertiary/aromatic N) is 1. The maximum absolute atomic E-state index is 11.5. The van der Waals surface area contributed by atoms with Crippen LogP contribution < -0.4 is 14.4 Å². The predicted molar refractivity (Wildman–Crippen MR) is 89.8 cm³/mol. The Morgan fingerprint density at radius 3 is 1.83 bits per heavy atom. The molecule has 6 heteroatoms. The lowest BCUT2D eigenvalue weighted by Crippen LogP contribution is -2.29. The molecule has 0 saturated heterocycles. The first kappa shape index (κ1) is 19.3. The van der Waals surface area contributed by atoms with Crippen LogP contribution in [0.3, 0.4) is 0 Å². The molecule has 0 aliphatic heterocycles. The minimum atomic E-state index is -0.0360. The number of aliphatic hydroxyl groups excluding tert-OH is 2. The summed E-state index contributed by atoms with van der Waals surface area (Å²) in [6, 6.07) is 3.51. The predicted octanol–water partition coefficient (Wildman–Crippen LogP) is 1.87. The number of carbonyl (C=O) groups is 1. The Hall–Kier alpha value is -1.79. The fraction of sp³-hybridized carbons (Fsp3) is 0.588. The molecule has 1 aromatic rings. The van der Waals surface area contributed by atoms with Gasteiger partial charge in [0.1, 0.15) is 11.5 Å². The van der Waals surface area contributed by atoms with Crippen molar-refractivity contribution < 1.29 is 24.5 Å². The van der Waals surface area contributed by atoms with Crippen LogP contribution in [0.15, 0.2) is 12.1 Å². The Balaban J connectivity index is 3.24. The van der Waals surface area contributed by atoms with E-state index in [4.69, 9.17) is 9.47 Å². The molecule has 2 N–H and O–H groups in total. The molecule has 6 nitrogen and oxygen atoms in total. The minimum absolute atomic E-state index is 0.0360. The lowest BCUT2D eigenvalue weighted by atomic mass is 10.1. The third kappa shape index (κ3) is 5.73. The van der Waals surface area contributed by atoms with Gasteiger partial charge in [0, 0.05) is 30.9 Å². The smallest absolute Gasteiger partial charge is 0.157 e. The number of aliphatic hydroxyl groups is 2. The molecule has 1 rings (SSSR count). The highest BCUT2D eigenvalue weighted by Crippen LogP contribution is 2.34. The molecule has 0 radical (unpaired) electrons. The van der Waals surface area contributed by atoms with Crippen LogP contribution in [0.1, 0.15) is 37.0 Å². The summed E-state index contributed by atoms with van der Waals surface area (Å²) in [5, 5.41) is 18.4. The summed E-state index contributed by atoms with van der Waals surface area (Å²) in [7, 11) is 0. The second-order valence-corrected chi connectivity index (χ2v) is 5.10. The van der Waals surface area contributed by atoms with Crippen LogP contribution in [0.4, 0.5) is 5.69 Å². The lowest BCUT2D eigenvalue weighted by Gasteiger charge is -2.25. The van der Waals surface area contributed by atoms with Gasteiger partial charge in [-0.2, -0.15) is 0 Å². The second-order valence-electron chi connectivity index (χ2n) is 5.10. The topological polar surface area (TPSA) is 79.2 Å². The average Bonchev–Trinajstić information content (AvgIpc) is 2.57. The summed E-state index contributed by atoms with van der Waals surface area (Å²) in [4.78, 5) is 13.3. The Bertz CT molecular complexity index is 443. The fourth-order valence-electron chi connectivity index (χ4n) is 2.16. The summed E-state index contributed by atoms with van der Waals surface area (Å²) in [6.07, 6.45) is 2.39. The van der Waals surface area contributed by atoms with Gasteiger partial charge in [-0.25, -0.2) is 0 Å². The number of hydrogen-bond donors (Lipinski definition) is 2. The summed E-state index contributed by atoms with van der Waals surface area (Å²) >= 11 is 0. The Morgan fingerprint density at radius 1 is 1.00 bits per heavy atom. The minimum Gasteiger partial charge on any atom is -0.493 e. The Labute approximate surface area is 137 Å². The van der Waals surface area contributed by atoms with Crippen molar-refractivity contribution in [2.75, 3.05) is 44.4 Å². The molecule has 0 heterocycles. The van der Waals surface area contributed by atoms with Crippen LogP contribution in [0.2, 0.25) is 0 Å². The Kier molecular flexibility index (Phi) is 9.09. The van der Waals surface area contributed by atoms with E-state index < -0.39 is 0 Å². The average molecular weight is 325 g/mol. The monoisotopic (exact) mass is 325 g/mol. The number of ether oxygens (including phenoxy) is 2. The van der Waals surface area contributed by atoms with E-state index in [1.165, 1.54) is 0 Å². The molecule has 0 aromatic heterocycles. The maximum atomic E-state index is 11.5. The molecule has 0 fully saturated rings. The zero-order chi connectivity index (χ0) is 17.1. The van der Waals surface area contributed by atoms with Gasteiger partial charge >= 0.3 is 0 Å². The quantitative estimate of drug-likeness (QED) is 0.571. The Morgan fingerprint density at radius 2 is 1.48 bits per heavy atom. The van der Waals surface area contributed by atoms with Crippen LogP contribution in [0.5, 0.6) is 11.5 Å². The summed E-state index contributed by atoms with van der Waals surface area (Å²) in [5.41, 5.74) is 1.14. The molecular weight excluding hydrogens is 298 g/mol. The molecule has 130 valence electrons. The van der Waals surface area contributed by atoms with E-state index in [0.29, 0.717) is 43.4 Å². The van der Waals surface area contributed by atoms with Gasteiger partial charge in [0.2, 0.25) is 0 Å². The van der Waals surface area contributed by atoms with E-state index in [2.05, 4.69) is 0 Å². The van der Waals surface area contributed by atoms with Gasteiger partial charge in [0.15, 0.2) is 6.29 Å². The molecule has 0 bridgehead atoms.